The van der Waals surface area contributed by atoms with Gasteiger partial charge in [-0.25, -0.2) is 26.0 Å². The summed E-state index contributed by atoms with van der Waals surface area (Å²) >= 11 is 0. The molecule has 10 heteroatoms. The Bertz CT molecular complexity index is 818. The minimum Gasteiger partial charge on any atom is -0.478 e. The Morgan fingerprint density at radius 2 is 2.05 bits per heavy atom. The van der Waals surface area contributed by atoms with Crippen LogP contribution in [0.3, 0.4) is 0 Å². The number of halogens is 1. The molecule has 1 aliphatic rings. The molecule has 0 radical (unpaired) electrons. The maximum atomic E-state index is 13.9. The average molecular weight is 351 g/mol. The molecule has 0 amide bonds. The SMILES string of the molecule is CN(C1CCS(=O)(=O)C1)S(=O)(=O)c1ccc(C(=O)O)cc1F. The molecule has 0 saturated carbocycles. The van der Waals surface area contributed by atoms with Gasteiger partial charge in [0.15, 0.2) is 9.84 Å². The Hall–Kier alpha value is -1.52. The van der Waals surface area contributed by atoms with Crippen LogP contribution in [0.15, 0.2) is 23.1 Å². The van der Waals surface area contributed by atoms with E-state index in [4.69, 9.17) is 5.11 Å². The van der Waals surface area contributed by atoms with Crippen LogP contribution in [0.2, 0.25) is 0 Å². The first kappa shape index (κ1) is 16.8. The van der Waals surface area contributed by atoms with Crippen molar-refractivity contribution in [1.29, 1.82) is 0 Å². The molecule has 1 aromatic carbocycles. The fourth-order valence-electron chi connectivity index (χ4n) is 2.26. The summed E-state index contributed by atoms with van der Waals surface area (Å²) in [6.07, 6.45) is 0.146. The smallest absolute Gasteiger partial charge is 0.335 e. The predicted octanol–water partition coefficient (Wildman–Crippen LogP) is 0.331. The molecule has 2 rings (SSSR count). The monoisotopic (exact) mass is 351 g/mol. The predicted molar refractivity (Wildman–Crippen MR) is 75.4 cm³/mol. The van der Waals surface area contributed by atoms with Gasteiger partial charge in [-0.1, -0.05) is 0 Å². The van der Waals surface area contributed by atoms with Gasteiger partial charge in [0.05, 0.1) is 17.1 Å². The first-order chi connectivity index (χ1) is 10.0. The van der Waals surface area contributed by atoms with Crippen molar-refractivity contribution in [2.45, 2.75) is 17.4 Å². The third kappa shape index (κ3) is 3.13. The van der Waals surface area contributed by atoms with Crippen LogP contribution in [-0.2, 0) is 19.9 Å². The fourth-order valence-corrected chi connectivity index (χ4v) is 5.55. The highest BCUT2D eigenvalue weighted by atomic mass is 32.2. The summed E-state index contributed by atoms with van der Waals surface area (Å²) in [5.41, 5.74) is -0.373. The number of carboxylic acid groups (broad SMARTS) is 1. The number of carbonyl (C=O) groups is 1. The first-order valence-electron chi connectivity index (χ1n) is 6.26. The maximum Gasteiger partial charge on any atom is 0.335 e. The highest BCUT2D eigenvalue weighted by Gasteiger charge is 2.37. The molecule has 1 N–H and O–H groups in total. The van der Waals surface area contributed by atoms with Crippen LogP contribution in [0.1, 0.15) is 16.8 Å². The molecule has 1 fully saturated rings. The number of carboxylic acids is 1. The van der Waals surface area contributed by atoms with Crippen LogP contribution in [0.4, 0.5) is 4.39 Å². The molecule has 1 atom stereocenters. The third-order valence-electron chi connectivity index (χ3n) is 3.56. The normalized spacial score (nSPS) is 21.1. The lowest BCUT2D eigenvalue weighted by molar-refractivity contribution is 0.0696. The van der Waals surface area contributed by atoms with E-state index < -0.39 is 42.6 Å². The zero-order chi connectivity index (χ0) is 16.7. The second-order valence-electron chi connectivity index (χ2n) is 5.03. The standard InChI is InChI=1S/C12H14FNO6S2/c1-14(9-4-5-21(17,18)7-9)22(19,20)11-3-2-8(12(15)16)6-10(11)13/h2-3,6,9H,4-5,7H2,1H3,(H,15,16). The van der Waals surface area contributed by atoms with E-state index in [0.717, 1.165) is 16.4 Å². The molecule has 1 heterocycles. The summed E-state index contributed by atoms with van der Waals surface area (Å²) in [6, 6.07) is 1.72. The molecule has 7 nitrogen and oxygen atoms in total. The molecule has 22 heavy (non-hydrogen) atoms. The summed E-state index contributed by atoms with van der Waals surface area (Å²) in [5, 5.41) is 8.75. The van der Waals surface area contributed by atoms with Gasteiger partial charge < -0.3 is 5.11 Å². The molecule has 1 aromatic rings. The van der Waals surface area contributed by atoms with Crippen LogP contribution >= 0.6 is 0 Å². The highest BCUT2D eigenvalue weighted by Crippen LogP contribution is 2.25. The van der Waals surface area contributed by atoms with E-state index in [9.17, 15) is 26.0 Å². The van der Waals surface area contributed by atoms with Crippen molar-refractivity contribution in [2.75, 3.05) is 18.6 Å². The summed E-state index contributed by atoms with van der Waals surface area (Å²) in [4.78, 5) is 10.1. The van der Waals surface area contributed by atoms with Crippen molar-refractivity contribution in [3.8, 4) is 0 Å². The van der Waals surface area contributed by atoms with Gasteiger partial charge in [0, 0.05) is 13.1 Å². The van der Waals surface area contributed by atoms with Gasteiger partial charge in [-0.15, -0.1) is 0 Å². The maximum absolute atomic E-state index is 13.9. The van der Waals surface area contributed by atoms with Crippen molar-refractivity contribution < 1.29 is 31.1 Å². The molecule has 122 valence electrons. The largest absolute Gasteiger partial charge is 0.478 e. The topological polar surface area (TPSA) is 109 Å². The number of hydrogen-bond donors (Lipinski definition) is 1. The minimum atomic E-state index is -4.24. The van der Waals surface area contributed by atoms with Crippen LogP contribution in [0.5, 0.6) is 0 Å². The second kappa shape index (κ2) is 5.60. The Morgan fingerprint density at radius 3 is 2.50 bits per heavy atom. The molecule has 0 bridgehead atoms. The van der Waals surface area contributed by atoms with Crippen LogP contribution in [0.25, 0.3) is 0 Å². The van der Waals surface area contributed by atoms with E-state index in [0.29, 0.717) is 6.07 Å². The van der Waals surface area contributed by atoms with Crippen LogP contribution in [-0.4, -0.2) is 56.8 Å². The number of sulfone groups is 1. The van der Waals surface area contributed by atoms with E-state index in [1.807, 2.05) is 0 Å². The third-order valence-corrected chi connectivity index (χ3v) is 7.25. The van der Waals surface area contributed by atoms with E-state index in [-0.39, 0.29) is 23.5 Å². The first-order valence-corrected chi connectivity index (χ1v) is 9.52. The number of aromatic carboxylic acids is 1. The molecule has 0 spiro atoms. The molecular formula is C12H14FNO6S2. The Kier molecular flexibility index (Phi) is 4.28. The van der Waals surface area contributed by atoms with Crippen molar-refractivity contribution in [2.24, 2.45) is 0 Å². The van der Waals surface area contributed by atoms with E-state index in [1.54, 1.807) is 0 Å². The van der Waals surface area contributed by atoms with E-state index in [2.05, 4.69) is 0 Å². The van der Waals surface area contributed by atoms with Gasteiger partial charge in [0.2, 0.25) is 10.0 Å². The van der Waals surface area contributed by atoms with E-state index >= 15 is 0 Å². The lowest BCUT2D eigenvalue weighted by Crippen LogP contribution is -2.38. The van der Waals surface area contributed by atoms with Crippen LogP contribution in [0, 0.1) is 5.82 Å². The summed E-state index contributed by atoms with van der Waals surface area (Å²) in [7, 11) is -6.35. The summed E-state index contributed by atoms with van der Waals surface area (Å²) in [6.45, 7) is 0. The van der Waals surface area contributed by atoms with Gasteiger partial charge in [0.1, 0.15) is 10.7 Å². The van der Waals surface area contributed by atoms with Crippen LogP contribution < -0.4 is 0 Å². The molecular weight excluding hydrogens is 337 g/mol. The van der Waals surface area contributed by atoms with Gasteiger partial charge >= 0.3 is 5.97 Å². The molecule has 0 aromatic heterocycles. The minimum absolute atomic E-state index is 0.113. The Labute approximate surface area is 127 Å². The van der Waals surface area contributed by atoms with Crippen molar-refractivity contribution >= 4 is 25.8 Å². The number of nitrogens with zero attached hydrogens (tertiary/aromatic N) is 1. The quantitative estimate of drug-likeness (QED) is 0.837. The number of sulfonamides is 1. The zero-order valence-corrected chi connectivity index (χ0v) is 13.2. The highest BCUT2D eigenvalue weighted by molar-refractivity contribution is 7.92. The number of hydrogen-bond acceptors (Lipinski definition) is 5. The lowest BCUT2D eigenvalue weighted by atomic mass is 10.2. The van der Waals surface area contributed by atoms with Gasteiger partial charge in [-0.05, 0) is 24.6 Å². The number of benzene rings is 1. The van der Waals surface area contributed by atoms with Crippen molar-refractivity contribution in [3.05, 3.63) is 29.6 Å². The fraction of sp³-hybridized carbons (Fsp3) is 0.417. The van der Waals surface area contributed by atoms with E-state index in [1.165, 1.54) is 7.05 Å². The molecule has 1 unspecified atom stereocenters. The second-order valence-corrected chi connectivity index (χ2v) is 9.22. The zero-order valence-electron chi connectivity index (χ0n) is 11.6. The van der Waals surface area contributed by atoms with Gasteiger partial charge in [0.25, 0.3) is 0 Å². The number of rotatable bonds is 4. The van der Waals surface area contributed by atoms with Crippen molar-refractivity contribution in [1.82, 2.24) is 4.31 Å². The lowest BCUT2D eigenvalue weighted by Gasteiger charge is -2.23. The van der Waals surface area contributed by atoms with Crippen molar-refractivity contribution in [3.63, 3.8) is 0 Å². The summed E-state index contributed by atoms with van der Waals surface area (Å²) in [5.74, 6) is -2.99. The Morgan fingerprint density at radius 1 is 1.41 bits per heavy atom. The molecule has 1 aliphatic heterocycles. The average Bonchev–Trinajstić information content (AvgIpc) is 2.77. The molecule has 0 aliphatic carbocycles. The van der Waals surface area contributed by atoms with Gasteiger partial charge in [-0.2, -0.15) is 4.31 Å². The summed E-state index contributed by atoms with van der Waals surface area (Å²) < 4.78 is 62.4. The molecule has 1 saturated heterocycles. The Balaban J connectivity index is 2.36. The van der Waals surface area contributed by atoms with Gasteiger partial charge in [-0.3, -0.25) is 0 Å².